The van der Waals surface area contributed by atoms with E-state index < -0.39 is 0 Å². The van der Waals surface area contributed by atoms with Gasteiger partial charge in [0.05, 0.1) is 12.2 Å². The highest BCUT2D eigenvalue weighted by molar-refractivity contribution is 5.37. The highest BCUT2D eigenvalue weighted by Crippen LogP contribution is 2.30. The molecule has 1 fully saturated rings. The topological polar surface area (TPSA) is 44.5 Å². The van der Waals surface area contributed by atoms with Crippen molar-refractivity contribution in [2.45, 2.75) is 58.0 Å². The first-order chi connectivity index (χ1) is 8.97. The average molecular weight is 267 g/mol. The van der Waals surface area contributed by atoms with Crippen molar-refractivity contribution in [1.82, 2.24) is 0 Å². The zero-order valence-electron chi connectivity index (χ0n) is 11.7. The fourth-order valence-corrected chi connectivity index (χ4v) is 2.68. The zero-order valence-corrected chi connectivity index (χ0v) is 11.7. The van der Waals surface area contributed by atoms with Crippen LogP contribution in [0.4, 0.5) is 4.39 Å². The van der Waals surface area contributed by atoms with E-state index >= 15 is 0 Å². The van der Waals surface area contributed by atoms with Crippen molar-refractivity contribution in [3.05, 3.63) is 29.6 Å². The quantitative estimate of drug-likeness (QED) is 0.914. The van der Waals surface area contributed by atoms with Gasteiger partial charge in [0.15, 0.2) is 0 Å². The van der Waals surface area contributed by atoms with Gasteiger partial charge < -0.3 is 15.2 Å². The van der Waals surface area contributed by atoms with E-state index in [-0.39, 0.29) is 30.2 Å². The molecule has 0 saturated carbocycles. The Hall–Kier alpha value is -1.13. The molecular formula is C15H22FNO2. The molecule has 0 aliphatic carbocycles. The lowest BCUT2D eigenvalue weighted by Gasteiger charge is -2.33. The second kappa shape index (κ2) is 5.88. The number of ether oxygens (including phenoxy) is 2. The summed E-state index contributed by atoms with van der Waals surface area (Å²) in [6, 6.07) is 4.47. The van der Waals surface area contributed by atoms with Crippen LogP contribution in [0, 0.1) is 5.82 Å². The summed E-state index contributed by atoms with van der Waals surface area (Å²) in [6.45, 7) is 5.83. The molecule has 1 aliphatic rings. The van der Waals surface area contributed by atoms with E-state index in [0.717, 1.165) is 12.8 Å². The second-order valence-corrected chi connectivity index (χ2v) is 5.41. The smallest absolute Gasteiger partial charge is 0.131 e. The Bertz CT molecular complexity index is 426. The number of nitrogens with two attached hydrogens (primary N) is 1. The van der Waals surface area contributed by atoms with Crippen LogP contribution in [0.3, 0.4) is 0 Å². The van der Waals surface area contributed by atoms with Crippen LogP contribution in [0.2, 0.25) is 0 Å². The van der Waals surface area contributed by atoms with Gasteiger partial charge in [0.1, 0.15) is 17.7 Å². The molecule has 3 unspecified atom stereocenters. The molecule has 1 aromatic rings. The molecule has 1 aliphatic heterocycles. The lowest BCUT2D eigenvalue weighted by atomic mass is 10.0. The van der Waals surface area contributed by atoms with Gasteiger partial charge in [-0.3, -0.25) is 0 Å². The number of hydrogen-bond donors (Lipinski definition) is 1. The Kier molecular flexibility index (Phi) is 4.42. The van der Waals surface area contributed by atoms with Crippen LogP contribution in [0.5, 0.6) is 5.75 Å². The summed E-state index contributed by atoms with van der Waals surface area (Å²) in [5, 5.41) is 0. The van der Waals surface area contributed by atoms with Gasteiger partial charge >= 0.3 is 0 Å². The van der Waals surface area contributed by atoms with Crippen LogP contribution in [-0.2, 0) is 4.74 Å². The molecule has 1 aromatic carbocycles. The molecule has 1 heterocycles. The summed E-state index contributed by atoms with van der Waals surface area (Å²) < 4.78 is 25.5. The maximum atomic E-state index is 13.8. The molecule has 2 N–H and O–H groups in total. The standard InChI is InChI=1S/C15H22FNO2/c1-9-7-12(8-10(2)18-9)19-14-6-4-5-13(16)15(14)11(3)17/h4-6,9-12H,7-8,17H2,1-3H3. The molecule has 3 atom stereocenters. The van der Waals surface area contributed by atoms with Gasteiger partial charge in [0.2, 0.25) is 0 Å². The Labute approximate surface area is 113 Å². The van der Waals surface area contributed by atoms with E-state index in [4.69, 9.17) is 15.2 Å². The van der Waals surface area contributed by atoms with E-state index in [9.17, 15) is 4.39 Å². The molecule has 0 aromatic heterocycles. The lowest BCUT2D eigenvalue weighted by molar-refractivity contribution is -0.0723. The van der Waals surface area contributed by atoms with Crippen molar-refractivity contribution in [2.24, 2.45) is 5.73 Å². The lowest BCUT2D eigenvalue weighted by Crippen LogP contribution is -2.36. The third-order valence-electron chi connectivity index (χ3n) is 3.42. The van der Waals surface area contributed by atoms with Gasteiger partial charge in [-0.25, -0.2) is 4.39 Å². The number of hydrogen-bond acceptors (Lipinski definition) is 3. The predicted molar refractivity (Wildman–Crippen MR) is 72.7 cm³/mol. The molecule has 0 bridgehead atoms. The third kappa shape index (κ3) is 3.45. The summed E-state index contributed by atoms with van der Waals surface area (Å²) in [5.74, 6) is 0.252. The maximum Gasteiger partial charge on any atom is 0.131 e. The molecule has 106 valence electrons. The SMILES string of the molecule is CC1CC(Oc2cccc(F)c2C(C)N)CC(C)O1. The van der Waals surface area contributed by atoms with Gasteiger partial charge in [0, 0.05) is 24.4 Å². The first-order valence-corrected chi connectivity index (χ1v) is 6.83. The highest BCUT2D eigenvalue weighted by Gasteiger charge is 2.27. The Balaban J connectivity index is 2.17. The van der Waals surface area contributed by atoms with Crippen molar-refractivity contribution in [3.63, 3.8) is 0 Å². The van der Waals surface area contributed by atoms with Crippen molar-refractivity contribution in [3.8, 4) is 5.75 Å². The zero-order chi connectivity index (χ0) is 14.0. The molecule has 0 radical (unpaired) electrons. The summed E-state index contributed by atoms with van der Waals surface area (Å²) in [5.41, 5.74) is 6.28. The maximum absolute atomic E-state index is 13.8. The molecule has 0 amide bonds. The summed E-state index contributed by atoms with van der Waals surface area (Å²) in [7, 11) is 0. The Morgan fingerprint density at radius 3 is 2.53 bits per heavy atom. The largest absolute Gasteiger partial charge is 0.490 e. The molecular weight excluding hydrogens is 245 g/mol. The van der Waals surface area contributed by atoms with Crippen molar-refractivity contribution in [1.29, 1.82) is 0 Å². The molecule has 3 nitrogen and oxygen atoms in total. The number of halogens is 1. The number of rotatable bonds is 3. The second-order valence-electron chi connectivity index (χ2n) is 5.41. The Morgan fingerprint density at radius 1 is 1.32 bits per heavy atom. The van der Waals surface area contributed by atoms with Crippen LogP contribution in [-0.4, -0.2) is 18.3 Å². The minimum atomic E-state index is -0.383. The van der Waals surface area contributed by atoms with Gasteiger partial charge in [-0.05, 0) is 32.9 Å². The monoisotopic (exact) mass is 267 g/mol. The fourth-order valence-electron chi connectivity index (χ4n) is 2.68. The van der Waals surface area contributed by atoms with Gasteiger partial charge in [-0.1, -0.05) is 6.07 Å². The van der Waals surface area contributed by atoms with E-state index in [1.807, 2.05) is 13.8 Å². The number of benzene rings is 1. The van der Waals surface area contributed by atoms with Crippen LogP contribution in [0.15, 0.2) is 18.2 Å². The van der Waals surface area contributed by atoms with E-state index in [1.54, 1.807) is 19.1 Å². The Morgan fingerprint density at radius 2 is 1.95 bits per heavy atom. The summed E-state index contributed by atoms with van der Waals surface area (Å²) in [6.07, 6.45) is 2.03. The third-order valence-corrected chi connectivity index (χ3v) is 3.42. The van der Waals surface area contributed by atoms with Gasteiger partial charge in [-0.15, -0.1) is 0 Å². The molecule has 1 saturated heterocycles. The van der Waals surface area contributed by atoms with E-state index in [1.165, 1.54) is 6.07 Å². The van der Waals surface area contributed by atoms with Gasteiger partial charge in [-0.2, -0.15) is 0 Å². The van der Waals surface area contributed by atoms with Crippen molar-refractivity contribution in [2.75, 3.05) is 0 Å². The fraction of sp³-hybridized carbons (Fsp3) is 0.600. The minimum Gasteiger partial charge on any atom is -0.490 e. The van der Waals surface area contributed by atoms with Crippen molar-refractivity contribution >= 4 is 0 Å². The average Bonchev–Trinajstić information content (AvgIpc) is 2.26. The molecule has 19 heavy (non-hydrogen) atoms. The molecule has 2 rings (SSSR count). The predicted octanol–water partition coefficient (Wildman–Crippen LogP) is 3.18. The van der Waals surface area contributed by atoms with Crippen LogP contribution in [0.25, 0.3) is 0 Å². The van der Waals surface area contributed by atoms with Crippen molar-refractivity contribution < 1.29 is 13.9 Å². The van der Waals surface area contributed by atoms with Crippen LogP contribution < -0.4 is 10.5 Å². The first-order valence-electron chi connectivity index (χ1n) is 6.83. The summed E-state index contributed by atoms with van der Waals surface area (Å²) in [4.78, 5) is 0. The normalized spacial score (nSPS) is 29.0. The molecule has 4 heteroatoms. The highest BCUT2D eigenvalue weighted by atomic mass is 19.1. The minimum absolute atomic E-state index is 0.0537. The first kappa shape index (κ1) is 14.3. The van der Waals surface area contributed by atoms with Crippen LogP contribution in [0.1, 0.15) is 45.2 Å². The summed E-state index contributed by atoms with van der Waals surface area (Å²) >= 11 is 0. The van der Waals surface area contributed by atoms with E-state index in [2.05, 4.69) is 0 Å². The van der Waals surface area contributed by atoms with E-state index in [0.29, 0.717) is 11.3 Å². The molecule has 0 spiro atoms. The van der Waals surface area contributed by atoms with Gasteiger partial charge in [0.25, 0.3) is 0 Å². The van der Waals surface area contributed by atoms with Crippen LogP contribution >= 0.6 is 0 Å².